The zero-order chi connectivity index (χ0) is 23.4. The second-order valence-corrected chi connectivity index (χ2v) is 7.99. The minimum Gasteiger partial charge on any atom is -0.497 e. The van der Waals surface area contributed by atoms with Crippen molar-refractivity contribution in [3.05, 3.63) is 70.1 Å². The van der Waals surface area contributed by atoms with Gasteiger partial charge in [0.05, 0.1) is 31.5 Å². The van der Waals surface area contributed by atoms with Crippen LogP contribution in [-0.2, 0) is 7.05 Å². The quantitative estimate of drug-likeness (QED) is 0.573. The average molecular weight is 448 g/mol. The van der Waals surface area contributed by atoms with E-state index in [0.717, 1.165) is 25.9 Å². The van der Waals surface area contributed by atoms with Gasteiger partial charge in [-0.15, -0.1) is 0 Å². The van der Waals surface area contributed by atoms with Crippen LogP contribution in [0.15, 0.2) is 47.3 Å². The molecule has 1 fully saturated rings. The van der Waals surface area contributed by atoms with Gasteiger partial charge in [-0.05, 0) is 55.6 Å². The molecule has 8 heteroatoms. The molecule has 0 radical (unpaired) electrons. The predicted octanol–water partition coefficient (Wildman–Crippen LogP) is 4.19. The highest BCUT2D eigenvalue weighted by Crippen LogP contribution is 2.33. The topological polar surface area (TPSA) is 69.7 Å². The van der Waals surface area contributed by atoms with E-state index in [4.69, 9.17) is 16.0 Å². The number of benzene rings is 2. The van der Waals surface area contributed by atoms with Gasteiger partial charge in [-0.2, -0.15) is 4.98 Å². The van der Waals surface area contributed by atoms with E-state index in [1.807, 2.05) is 0 Å². The molecule has 170 valence electrons. The van der Waals surface area contributed by atoms with Gasteiger partial charge in [0.15, 0.2) is 0 Å². The van der Waals surface area contributed by atoms with Gasteiger partial charge in [0.2, 0.25) is 5.69 Å². The van der Waals surface area contributed by atoms with Crippen molar-refractivity contribution < 1.29 is 13.9 Å². The fraction of sp³-hybridized carbons (Fsp3) is 0.320. The smallest absolute Gasteiger partial charge is 0.299 e. The Morgan fingerprint density at radius 1 is 1.18 bits per heavy atom. The van der Waals surface area contributed by atoms with Crippen molar-refractivity contribution in [3.63, 3.8) is 0 Å². The SMILES string of the molecule is [C-]#[N+]c1ccc(-c2nc(OCC3CCNCC3)n(C)c(=O)c2-c2ccc(OC)cc2)cc1F. The third kappa shape index (κ3) is 4.73. The molecule has 4 rings (SSSR count). The van der Waals surface area contributed by atoms with Crippen LogP contribution < -0.4 is 20.3 Å². The Bertz CT molecular complexity index is 1240. The summed E-state index contributed by atoms with van der Waals surface area (Å²) in [6.07, 6.45) is 1.99. The summed E-state index contributed by atoms with van der Waals surface area (Å²) in [5, 5.41) is 3.32. The lowest BCUT2D eigenvalue weighted by Crippen LogP contribution is -2.31. The molecule has 33 heavy (non-hydrogen) atoms. The number of aromatic nitrogens is 2. The molecule has 0 aliphatic carbocycles. The third-order valence-corrected chi connectivity index (χ3v) is 5.88. The molecule has 1 aliphatic rings. The van der Waals surface area contributed by atoms with Gasteiger partial charge < -0.3 is 14.8 Å². The average Bonchev–Trinajstić information content (AvgIpc) is 2.85. The zero-order valence-corrected chi connectivity index (χ0v) is 18.6. The van der Waals surface area contributed by atoms with Gasteiger partial charge >= 0.3 is 0 Å². The summed E-state index contributed by atoms with van der Waals surface area (Å²) in [5.74, 6) is 0.366. The highest BCUT2D eigenvalue weighted by Gasteiger charge is 2.21. The lowest BCUT2D eigenvalue weighted by molar-refractivity contribution is 0.195. The molecule has 1 aromatic heterocycles. The Kier molecular flexibility index (Phi) is 6.71. The van der Waals surface area contributed by atoms with Gasteiger partial charge in [0, 0.05) is 12.6 Å². The van der Waals surface area contributed by atoms with Crippen LogP contribution in [0, 0.1) is 18.3 Å². The van der Waals surface area contributed by atoms with Crippen LogP contribution in [0.1, 0.15) is 12.8 Å². The first-order chi connectivity index (χ1) is 16.0. The van der Waals surface area contributed by atoms with E-state index in [-0.39, 0.29) is 17.3 Å². The summed E-state index contributed by atoms with van der Waals surface area (Å²) in [7, 11) is 3.18. The molecule has 0 saturated carbocycles. The maximum absolute atomic E-state index is 14.5. The van der Waals surface area contributed by atoms with Crippen molar-refractivity contribution in [2.45, 2.75) is 12.8 Å². The molecule has 3 aromatic rings. The molecule has 0 unspecified atom stereocenters. The molecule has 1 saturated heterocycles. The van der Waals surface area contributed by atoms with E-state index >= 15 is 0 Å². The molecule has 0 amide bonds. The normalized spacial score (nSPS) is 14.0. The van der Waals surface area contributed by atoms with Gasteiger partial charge in [-0.1, -0.05) is 24.3 Å². The number of piperidine rings is 1. The first-order valence-corrected chi connectivity index (χ1v) is 10.8. The van der Waals surface area contributed by atoms with Crippen molar-refractivity contribution in [1.82, 2.24) is 14.9 Å². The second kappa shape index (κ2) is 9.84. The predicted molar refractivity (Wildman–Crippen MR) is 124 cm³/mol. The largest absolute Gasteiger partial charge is 0.497 e. The summed E-state index contributed by atoms with van der Waals surface area (Å²) in [6, 6.07) is 11.4. The molecule has 0 spiro atoms. The highest BCUT2D eigenvalue weighted by molar-refractivity contribution is 5.81. The van der Waals surface area contributed by atoms with E-state index in [1.54, 1.807) is 44.5 Å². The first kappa shape index (κ1) is 22.5. The van der Waals surface area contributed by atoms with Gasteiger partial charge in [0.25, 0.3) is 11.6 Å². The van der Waals surface area contributed by atoms with Crippen molar-refractivity contribution >= 4 is 5.69 Å². The number of nitrogens with zero attached hydrogens (tertiary/aromatic N) is 3. The number of halogens is 1. The van der Waals surface area contributed by atoms with Crippen LogP contribution >= 0.6 is 0 Å². The van der Waals surface area contributed by atoms with Crippen molar-refractivity contribution in [3.8, 4) is 34.1 Å². The number of nitrogens with one attached hydrogen (secondary N) is 1. The number of hydrogen-bond acceptors (Lipinski definition) is 5. The third-order valence-electron chi connectivity index (χ3n) is 5.88. The Balaban J connectivity index is 1.82. The number of rotatable bonds is 6. The molecular formula is C25H25FN4O3. The zero-order valence-electron chi connectivity index (χ0n) is 18.6. The Labute approximate surface area is 191 Å². The van der Waals surface area contributed by atoms with E-state index in [2.05, 4.69) is 15.1 Å². The molecule has 1 aliphatic heterocycles. The standard InChI is InChI=1S/C25H25FN4O3/c1-27-21-9-6-18(14-20(21)26)23-22(17-4-7-19(32-3)8-5-17)24(31)30(2)25(29-23)33-15-16-10-12-28-13-11-16/h4-9,14,16,28H,10-13,15H2,2-3H3. The maximum atomic E-state index is 14.5. The fourth-order valence-electron chi connectivity index (χ4n) is 3.92. The fourth-order valence-corrected chi connectivity index (χ4v) is 3.92. The van der Waals surface area contributed by atoms with Crippen molar-refractivity contribution in [2.24, 2.45) is 13.0 Å². The summed E-state index contributed by atoms with van der Waals surface area (Å²) >= 11 is 0. The molecule has 2 aromatic carbocycles. The molecule has 0 bridgehead atoms. The first-order valence-electron chi connectivity index (χ1n) is 10.8. The van der Waals surface area contributed by atoms with Crippen LogP contribution in [0.25, 0.3) is 27.2 Å². The monoisotopic (exact) mass is 448 g/mol. The van der Waals surface area contributed by atoms with Crippen molar-refractivity contribution in [1.29, 1.82) is 0 Å². The summed E-state index contributed by atoms with van der Waals surface area (Å²) < 4.78 is 27.1. The second-order valence-electron chi connectivity index (χ2n) is 7.99. The highest BCUT2D eigenvalue weighted by atomic mass is 19.1. The maximum Gasteiger partial charge on any atom is 0.299 e. The van der Waals surface area contributed by atoms with Crippen molar-refractivity contribution in [2.75, 3.05) is 26.8 Å². The van der Waals surface area contributed by atoms with Gasteiger partial charge in [-0.3, -0.25) is 9.36 Å². The minimum absolute atomic E-state index is 0.0871. The molecule has 2 heterocycles. The van der Waals surface area contributed by atoms with Crippen LogP contribution in [0.2, 0.25) is 0 Å². The van der Waals surface area contributed by atoms with Crippen LogP contribution in [-0.4, -0.2) is 36.4 Å². The number of ether oxygens (including phenoxy) is 2. The summed E-state index contributed by atoms with van der Waals surface area (Å²) in [4.78, 5) is 21.3. The van der Waals surface area contributed by atoms with Gasteiger partial charge in [0.1, 0.15) is 11.6 Å². The molecule has 0 atom stereocenters. The summed E-state index contributed by atoms with van der Waals surface area (Å²) in [5.41, 5.74) is 1.26. The minimum atomic E-state index is -0.664. The molecular weight excluding hydrogens is 423 g/mol. The summed E-state index contributed by atoms with van der Waals surface area (Å²) in [6.45, 7) is 9.43. The van der Waals surface area contributed by atoms with E-state index in [1.165, 1.54) is 16.7 Å². The van der Waals surface area contributed by atoms with Crippen LogP contribution in [0.3, 0.4) is 0 Å². The Morgan fingerprint density at radius 2 is 1.88 bits per heavy atom. The number of methoxy groups -OCH3 is 1. The Morgan fingerprint density at radius 3 is 2.52 bits per heavy atom. The van der Waals surface area contributed by atoms with E-state index in [0.29, 0.717) is 40.7 Å². The van der Waals surface area contributed by atoms with E-state index < -0.39 is 5.82 Å². The van der Waals surface area contributed by atoms with Gasteiger partial charge in [-0.25, -0.2) is 9.24 Å². The molecule has 7 nitrogen and oxygen atoms in total. The van der Waals surface area contributed by atoms with E-state index in [9.17, 15) is 9.18 Å². The lowest BCUT2D eigenvalue weighted by atomic mass is 9.99. The Hall–Kier alpha value is -3.70. The number of hydrogen-bond donors (Lipinski definition) is 1. The lowest BCUT2D eigenvalue weighted by Gasteiger charge is -2.23. The van der Waals surface area contributed by atoms with Crippen LogP contribution in [0.5, 0.6) is 11.8 Å². The molecule has 1 N–H and O–H groups in total. The van der Waals surface area contributed by atoms with Crippen LogP contribution in [0.4, 0.5) is 10.1 Å².